The zero-order valence-electron chi connectivity index (χ0n) is 17.9. The highest BCUT2D eigenvalue weighted by atomic mass is 32.2. The van der Waals surface area contributed by atoms with E-state index in [0.717, 1.165) is 12.8 Å². The minimum atomic E-state index is -0.497. The molecule has 2 atom stereocenters. The molecule has 0 aliphatic heterocycles. The van der Waals surface area contributed by atoms with Gasteiger partial charge in [-0.2, -0.15) is 0 Å². The molecule has 3 aromatic rings. The second kappa shape index (κ2) is 7.46. The molecule has 0 saturated heterocycles. The van der Waals surface area contributed by atoms with Gasteiger partial charge in [0.25, 0.3) is 0 Å². The Hall–Kier alpha value is -2.39. The van der Waals surface area contributed by atoms with Crippen molar-refractivity contribution in [2.45, 2.75) is 53.1 Å². The van der Waals surface area contributed by atoms with Crippen molar-refractivity contribution in [3.05, 3.63) is 76.2 Å². The lowest BCUT2D eigenvalue weighted by Crippen LogP contribution is -2.36. The number of carbonyl (C=O) groups excluding carboxylic acids is 1. The molecule has 1 aliphatic rings. The van der Waals surface area contributed by atoms with Crippen LogP contribution in [0.25, 0.3) is 15.0 Å². The molecule has 29 heavy (non-hydrogen) atoms. The molecule has 1 aromatic heterocycles. The molecule has 1 aliphatic carbocycles. The fraction of sp³-hybridized carbons (Fsp3) is 0.346. The van der Waals surface area contributed by atoms with Crippen LogP contribution in [0.2, 0.25) is 0 Å². The summed E-state index contributed by atoms with van der Waals surface area (Å²) in [7, 11) is -0.0587. The Morgan fingerprint density at radius 1 is 1.03 bits per heavy atom. The van der Waals surface area contributed by atoms with E-state index in [1.165, 1.54) is 31.0 Å². The van der Waals surface area contributed by atoms with Crippen molar-refractivity contribution < 1.29 is 9.53 Å². The van der Waals surface area contributed by atoms with Crippen molar-refractivity contribution in [2.75, 3.05) is 0 Å². The Morgan fingerprint density at radius 2 is 1.72 bits per heavy atom. The van der Waals surface area contributed by atoms with Gasteiger partial charge in [0, 0.05) is 34.8 Å². The summed E-state index contributed by atoms with van der Waals surface area (Å²) in [6.45, 7) is 10.6. The molecular formula is C26H29O2S+. The number of carbonyl (C=O) groups is 1. The largest absolute Gasteiger partial charge is 0.455 e. The predicted molar refractivity (Wildman–Crippen MR) is 123 cm³/mol. The molecule has 2 unspecified atom stereocenters. The molecule has 0 bridgehead atoms. The van der Waals surface area contributed by atoms with Gasteiger partial charge in [0.2, 0.25) is 0 Å². The fourth-order valence-electron chi connectivity index (χ4n) is 4.59. The number of esters is 1. The Labute approximate surface area is 176 Å². The first-order valence-corrected chi connectivity index (χ1v) is 11.5. The molecule has 0 spiro atoms. The number of hydrogen-bond donors (Lipinski definition) is 0. The van der Waals surface area contributed by atoms with E-state index in [9.17, 15) is 4.79 Å². The SMILES string of the molecule is CC1=C(C)C(C(C)(C)OC(=O)c2ccc(-[s+]3c(C)cc4ccccc43)cc2)CC1. The summed E-state index contributed by atoms with van der Waals surface area (Å²) < 4.78 is 7.35. The zero-order chi connectivity index (χ0) is 20.8. The van der Waals surface area contributed by atoms with E-state index < -0.39 is 5.60 Å². The van der Waals surface area contributed by atoms with E-state index in [-0.39, 0.29) is 16.4 Å². The van der Waals surface area contributed by atoms with E-state index in [0.29, 0.717) is 11.5 Å². The van der Waals surface area contributed by atoms with Gasteiger partial charge in [0.15, 0.2) is 14.5 Å². The highest BCUT2D eigenvalue weighted by molar-refractivity contribution is 7.45. The van der Waals surface area contributed by atoms with Crippen molar-refractivity contribution >= 4 is 26.5 Å². The topological polar surface area (TPSA) is 26.3 Å². The highest BCUT2D eigenvalue weighted by Gasteiger charge is 2.37. The second-order valence-electron chi connectivity index (χ2n) is 8.67. The van der Waals surface area contributed by atoms with Gasteiger partial charge in [-0.25, -0.2) is 4.79 Å². The van der Waals surface area contributed by atoms with Crippen LogP contribution in [0.3, 0.4) is 0 Å². The number of benzene rings is 2. The standard InChI is InChI=1S/C26H29O2S/c1-17-10-15-23(19(17)3)26(4,5)28-25(27)20-11-13-22(14-12-20)29-18(2)16-21-8-6-7-9-24(21)29/h6-9,11-14,16,23H,10,15H2,1-5H3/q+1. The maximum atomic E-state index is 12.9. The van der Waals surface area contributed by atoms with Gasteiger partial charge in [-0.1, -0.05) is 23.3 Å². The third-order valence-corrected chi connectivity index (χ3v) is 8.66. The molecule has 0 fully saturated rings. The van der Waals surface area contributed by atoms with Crippen molar-refractivity contribution in [2.24, 2.45) is 5.92 Å². The van der Waals surface area contributed by atoms with Crippen LogP contribution in [-0.4, -0.2) is 11.6 Å². The van der Waals surface area contributed by atoms with E-state index in [2.05, 4.69) is 63.2 Å². The summed E-state index contributed by atoms with van der Waals surface area (Å²) >= 11 is 0. The molecule has 0 amide bonds. The maximum Gasteiger partial charge on any atom is 0.338 e. The van der Waals surface area contributed by atoms with Gasteiger partial charge in [0.1, 0.15) is 5.60 Å². The van der Waals surface area contributed by atoms with Gasteiger partial charge in [-0.3, -0.25) is 0 Å². The summed E-state index contributed by atoms with van der Waals surface area (Å²) in [4.78, 5) is 15.5. The first-order chi connectivity index (χ1) is 13.8. The number of allylic oxidation sites excluding steroid dienone is 1. The summed E-state index contributed by atoms with van der Waals surface area (Å²) in [5, 5.41) is 1.30. The van der Waals surface area contributed by atoms with E-state index in [4.69, 9.17) is 4.74 Å². The van der Waals surface area contributed by atoms with Crippen molar-refractivity contribution in [3.63, 3.8) is 0 Å². The number of hydrogen-bond acceptors (Lipinski definition) is 2. The van der Waals surface area contributed by atoms with Crippen molar-refractivity contribution in [3.8, 4) is 4.90 Å². The molecule has 2 aromatic carbocycles. The Balaban J connectivity index is 1.56. The third-order valence-electron chi connectivity index (χ3n) is 6.34. The van der Waals surface area contributed by atoms with Gasteiger partial charge in [0.05, 0.1) is 5.56 Å². The molecule has 3 heteroatoms. The third kappa shape index (κ3) is 3.64. The Morgan fingerprint density at radius 3 is 2.38 bits per heavy atom. The lowest BCUT2D eigenvalue weighted by Gasteiger charge is -2.32. The average molecular weight is 406 g/mol. The van der Waals surface area contributed by atoms with Crippen LogP contribution in [0, 0.1) is 12.8 Å². The van der Waals surface area contributed by atoms with E-state index in [1.807, 2.05) is 26.0 Å². The monoisotopic (exact) mass is 405 g/mol. The fourth-order valence-corrected chi connectivity index (χ4v) is 6.79. The van der Waals surface area contributed by atoms with Gasteiger partial charge < -0.3 is 4.74 Å². The quantitative estimate of drug-likeness (QED) is 0.254. The van der Waals surface area contributed by atoms with Crippen LogP contribution >= 0.6 is 10.5 Å². The molecule has 4 rings (SSSR count). The smallest absolute Gasteiger partial charge is 0.338 e. The van der Waals surface area contributed by atoms with Crippen LogP contribution in [0.1, 0.15) is 55.8 Å². The molecule has 150 valence electrons. The summed E-state index contributed by atoms with van der Waals surface area (Å²) in [6, 6.07) is 18.8. The highest BCUT2D eigenvalue weighted by Crippen LogP contribution is 2.44. The number of rotatable bonds is 4. The van der Waals surface area contributed by atoms with Crippen LogP contribution in [0.15, 0.2) is 65.7 Å². The van der Waals surface area contributed by atoms with Crippen LogP contribution < -0.4 is 0 Å². The van der Waals surface area contributed by atoms with Crippen molar-refractivity contribution in [1.29, 1.82) is 0 Å². The van der Waals surface area contributed by atoms with E-state index in [1.54, 1.807) is 0 Å². The van der Waals surface area contributed by atoms with Crippen LogP contribution in [0.5, 0.6) is 0 Å². The molecular weight excluding hydrogens is 376 g/mol. The minimum Gasteiger partial charge on any atom is -0.455 e. The number of ether oxygens (including phenoxy) is 1. The number of fused-ring (bicyclic) bond motifs is 1. The zero-order valence-corrected chi connectivity index (χ0v) is 18.7. The minimum absolute atomic E-state index is 0.0587. The second-order valence-corrected chi connectivity index (χ2v) is 10.8. The van der Waals surface area contributed by atoms with Gasteiger partial charge >= 0.3 is 5.97 Å². The predicted octanol–water partition coefficient (Wildman–Crippen LogP) is 7.57. The lowest BCUT2D eigenvalue weighted by molar-refractivity contribution is -0.0219. The van der Waals surface area contributed by atoms with Crippen LogP contribution in [-0.2, 0) is 4.74 Å². The summed E-state index contributed by atoms with van der Waals surface area (Å²) in [6.07, 6.45) is 2.16. The van der Waals surface area contributed by atoms with Crippen LogP contribution in [0.4, 0.5) is 0 Å². The Bertz CT molecular complexity index is 1100. The van der Waals surface area contributed by atoms with Crippen molar-refractivity contribution in [1.82, 2.24) is 0 Å². The number of thiophene rings is 1. The van der Waals surface area contributed by atoms with Gasteiger partial charge in [-0.15, -0.1) is 0 Å². The molecule has 2 nitrogen and oxygen atoms in total. The molecule has 0 saturated carbocycles. The van der Waals surface area contributed by atoms with E-state index >= 15 is 0 Å². The first kappa shape index (κ1) is 19.9. The summed E-state index contributed by atoms with van der Waals surface area (Å²) in [5.74, 6) is 0.0660. The lowest BCUT2D eigenvalue weighted by atomic mass is 9.85. The Kier molecular flexibility index (Phi) is 5.12. The average Bonchev–Trinajstić information content (AvgIpc) is 3.20. The molecule has 0 radical (unpaired) electrons. The molecule has 0 N–H and O–H groups in total. The summed E-state index contributed by atoms with van der Waals surface area (Å²) in [5.41, 5.74) is 2.94. The first-order valence-electron chi connectivity index (χ1n) is 10.3. The maximum absolute atomic E-state index is 12.9. The molecule has 1 heterocycles. The van der Waals surface area contributed by atoms with Gasteiger partial charge in [-0.05, 0) is 76.9 Å². The number of aryl methyl sites for hydroxylation is 1. The normalized spacial score (nSPS) is 17.8.